The summed E-state index contributed by atoms with van der Waals surface area (Å²) in [6.07, 6.45) is 4.21. The van der Waals surface area contributed by atoms with Gasteiger partial charge in [0.15, 0.2) is 0 Å². The van der Waals surface area contributed by atoms with Gasteiger partial charge in [0.2, 0.25) is 10.1 Å². The number of aryl methyl sites for hydroxylation is 1. The van der Waals surface area contributed by atoms with Crippen molar-refractivity contribution < 1.29 is 0 Å². The van der Waals surface area contributed by atoms with E-state index < -0.39 is 0 Å². The quantitative estimate of drug-likeness (QED) is 0.722. The molecule has 0 amide bonds. The first-order valence-corrected chi connectivity index (χ1v) is 9.76. The van der Waals surface area contributed by atoms with Crippen LogP contribution in [0.15, 0.2) is 41.2 Å². The molecule has 2 aromatic heterocycles. The molecule has 0 N–H and O–H groups in total. The summed E-state index contributed by atoms with van der Waals surface area (Å²) in [5.41, 5.74) is 2.18. The molecule has 0 saturated carbocycles. The van der Waals surface area contributed by atoms with E-state index in [9.17, 15) is 4.79 Å². The van der Waals surface area contributed by atoms with Crippen molar-refractivity contribution in [3.05, 3.63) is 58.0 Å². The molecule has 0 spiro atoms. The fourth-order valence-electron chi connectivity index (χ4n) is 3.50. The Morgan fingerprint density at radius 3 is 2.84 bits per heavy atom. The molecule has 0 aliphatic carbocycles. The molecule has 1 saturated heterocycles. The molecule has 3 aromatic rings. The molecule has 3 heterocycles. The summed E-state index contributed by atoms with van der Waals surface area (Å²) in [6, 6.07) is 12.4. The number of anilines is 1. The van der Waals surface area contributed by atoms with Crippen molar-refractivity contribution in [3.63, 3.8) is 0 Å². The van der Waals surface area contributed by atoms with Gasteiger partial charge < -0.3 is 4.90 Å². The zero-order valence-electron chi connectivity index (χ0n) is 14.4. The fourth-order valence-corrected chi connectivity index (χ4v) is 4.48. The van der Waals surface area contributed by atoms with Crippen LogP contribution in [-0.4, -0.2) is 27.7 Å². The topological polar surface area (TPSA) is 50.5 Å². The second kappa shape index (κ2) is 6.96. The normalized spacial score (nSPS) is 18.4. The largest absolute Gasteiger partial charge is 0.347 e. The van der Waals surface area contributed by atoms with Crippen LogP contribution < -0.4 is 10.5 Å². The van der Waals surface area contributed by atoms with Crippen LogP contribution in [0.25, 0.3) is 4.96 Å². The SMILES string of the molecule is CCc1cc(=O)n2nc(N3CCCC(c4ccccc4)CC3)sc2n1. The van der Waals surface area contributed by atoms with Crippen molar-refractivity contribution in [2.24, 2.45) is 0 Å². The third-order valence-corrected chi connectivity index (χ3v) is 5.89. The average molecular weight is 354 g/mol. The highest BCUT2D eigenvalue weighted by molar-refractivity contribution is 7.20. The number of hydrogen-bond acceptors (Lipinski definition) is 5. The van der Waals surface area contributed by atoms with E-state index >= 15 is 0 Å². The predicted molar refractivity (Wildman–Crippen MR) is 102 cm³/mol. The Morgan fingerprint density at radius 2 is 2.04 bits per heavy atom. The number of nitrogens with zero attached hydrogens (tertiary/aromatic N) is 4. The van der Waals surface area contributed by atoms with Crippen LogP contribution in [0.2, 0.25) is 0 Å². The van der Waals surface area contributed by atoms with E-state index in [0.29, 0.717) is 10.9 Å². The minimum atomic E-state index is -0.0821. The Bertz CT molecular complexity index is 918. The van der Waals surface area contributed by atoms with Crippen LogP contribution in [0.1, 0.15) is 43.4 Å². The van der Waals surface area contributed by atoms with Crippen LogP contribution >= 0.6 is 11.3 Å². The smallest absolute Gasteiger partial charge is 0.275 e. The maximum Gasteiger partial charge on any atom is 0.275 e. The number of rotatable bonds is 3. The number of fused-ring (bicyclic) bond motifs is 1. The highest BCUT2D eigenvalue weighted by Crippen LogP contribution is 2.31. The number of benzene rings is 1. The summed E-state index contributed by atoms with van der Waals surface area (Å²) in [6.45, 7) is 3.96. The van der Waals surface area contributed by atoms with Gasteiger partial charge in [-0.3, -0.25) is 4.79 Å². The highest BCUT2D eigenvalue weighted by Gasteiger charge is 2.21. The van der Waals surface area contributed by atoms with Crippen molar-refractivity contribution in [3.8, 4) is 0 Å². The van der Waals surface area contributed by atoms with Crippen molar-refractivity contribution in [1.29, 1.82) is 0 Å². The maximum atomic E-state index is 12.2. The van der Waals surface area contributed by atoms with Crippen molar-refractivity contribution >= 4 is 21.4 Å². The summed E-state index contributed by atoms with van der Waals surface area (Å²) in [7, 11) is 0. The van der Waals surface area contributed by atoms with Gasteiger partial charge in [0.25, 0.3) is 5.56 Å². The minimum Gasteiger partial charge on any atom is -0.347 e. The first kappa shape index (κ1) is 16.3. The second-order valence-electron chi connectivity index (χ2n) is 6.54. The average Bonchev–Trinajstić information content (AvgIpc) is 2.92. The van der Waals surface area contributed by atoms with E-state index in [1.165, 1.54) is 27.8 Å². The maximum absolute atomic E-state index is 12.2. The molecule has 1 unspecified atom stereocenters. The Hall–Kier alpha value is -2.21. The van der Waals surface area contributed by atoms with Crippen molar-refractivity contribution in [2.45, 2.75) is 38.5 Å². The lowest BCUT2D eigenvalue weighted by Gasteiger charge is -2.18. The first-order chi connectivity index (χ1) is 12.2. The van der Waals surface area contributed by atoms with Crippen molar-refractivity contribution in [1.82, 2.24) is 14.6 Å². The van der Waals surface area contributed by atoms with Gasteiger partial charge in [-0.15, -0.1) is 5.10 Å². The molecule has 6 heteroatoms. The van der Waals surface area contributed by atoms with Crippen LogP contribution in [0.3, 0.4) is 0 Å². The lowest BCUT2D eigenvalue weighted by atomic mass is 9.92. The Balaban J connectivity index is 1.57. The van der Waals surface area contributed by atoms with Gasteiger partial charge >= 0.3 is 0 Å². The summed E-state index contributed by atoms with van der Waals surface area (Å²) in [4.78, 5) is 19.8. The molecule has 0 bridgehead atoms. The van der Waals surface area contributed by atoms with Gasteiger partial charge in [-0.05, 0) is 37.2 Å². The monoisotopic (exact) mass is 354 g/mol. The van der Waals surface area contributed by atoms with E-state index in [2.05, 4.69) is 45.3 Å². The molecule has 1 aliphatic rings. The van der Waals surface area contributed by atoms with Crippen LogP contribution in [0, 0.1) is 0 Å². The Morgan fingerprint density at radius 1 is 1.20 bits per heavy atom. The molecule has 1 atom stereocenters. The minimum absolute atomic E-state index is 0.0821. The van der Waals surface area contributed by atoms with Gasteiger partial charge in [-0.1, -0.05) is 48.6 Å². The molecule has 1 aliphatic heterocycles. The van der Waals surface area contributed by atoms with Gasteiger partial charge in [-0.25, -0.2) is 4.98 Å². The van der Waals surface area contributed by atoms with E-state index in [1.807, 2.05) is 6.92 Å². The summed E-state index contributed by atoms with van der Waals surface area (Å²) in [5.74, 6) is 0.605. The highest BCUT2D eigenvalue weighted by atomic mass is 32.1. The summed E-state index contributed by atoms with van der Waals surface area (Å²) < 4.78 is 1.44. The molecular formula is C19H22N4OS. The lowest BCUT2D eigenvalue weighted by molar-refractivity contribution is 0.612. The van der Waals surface area contributed by atoms with E-state index in [-0.39, 0.29) is 5.56 Å². The third-order valence-electron chi connectivity index (χ3n) is 4.92. The van der Waals surface area contributed by atoms with E-state index in [0.717, 1.165) is 43.2 Å². The molecule has 5 nitrogen and oxygen atoms in total. The molecule has 130 valence electrons. The lowest BCUT2D eigenvalue weighted by Crippen LogP contribution is -2.24. The molecule has 0 radical (unpaired) electrons. The van der Waals surface area contributed by atoms with Crippen LogP contribution in [0.4, 0.5) is 5.13 Å². The number of aromatic nitrogens is 3. The van der Waals surface area contributed by atoms with Gasteiger partial charge in [-0.2, -0.15) is 4.52 Å². The number of hydrogen-bond donors (Lipinski definition) is 0. The third kappa shape index (κ3) is 3.31. The van der Waals surface area contributed by atoms with E-state index in [1.54, 1.807) is 6.07 Å². The zero-order valence-corrected chi connectivity index (χ0v) is 15.2. The Kier molecular flexibility index (Phi) is 4.53. The fraction of sp³-hybridized carbons (Fsp3) is 0.421. The summed E-state index contributed by atoms with van der Waals surface area (Å²) in [5, 5.41) is 5.45. The standard InChI is InChI=1S/C19H22N4OS/c1-2-16-13-17(24)23-18(20-16)25-19(21-23)22-11-6-9-15(10-12-22)14-7-4-3-5-8-14/h3-5,7-8,13,15H,2,6,9-12H2,1H3. The molecule has 1 aromatic carbocycles. The van der Waals surface area contributed by atoms with E-state index in [4.69, 9.17) is 0 Å². The second-order valence-corrected chi connectivity index (χ2v) is 7.48. The predicted octanol–water partition coefficient (Wildman–Crippen LogP) is 3.49. The molecule has 4 rings (SSSR count). The molecular weight excluding hydrogens is 332 g/mol. The zero-order chi connectivity index (χ0) is 17.2. The van der Waals surface area contributed by atoms with Gasteiger partial charge in [0.1, 0.15) is 0 Å². The van der Waals surface area contributed by atoms with Gasteiger partial charge in [0.05, 0.1) is 0 Å². The van der Waals surface area contributed by atoms with Gasteiger partial charge in [0, 0.05) is 24.8 Å². The molecule has 1 fully saturated rings. The van der Waals surface area contributed by atoms with Crippen molar-refractivity contribution in [2.75, 3.05) is 18.0 Å². The first-order valence-electron chi connectivity index (χ1n) is 8.94. The van der Waals surface area contributed by atoms with Crippen LogP contribution in [0.5, 0.6) is 0 Å². The summed E-state index contributed by atoms with van der Waals surface area (Å²) >= 11 is 1.52. The molecule has 25 heavy (non-hydrogen) atoms. The van der Waals surface area contributed by atoms with Crippen LogP contribution in [-0.2, 0) is 6.42 Å². The Labute approximate surface area is 151 Å².